The highest BCUT2D eigenvalue weighted by Gasteiger charge is 2.29. The lowest BCUT2D eigenvalue weighted by Gasteiger charge is -2.25. The van der Waals surface area contributed by atoms with Crippen LogP contribution >= 0.6 is 11.6 Å². The predicted octanol–water partition coefficient (Wildman–Crippen LogP) is 2.28. The quantitative estimate of drug-likeness (QED) is 0.870. The first kappa shape index (κ1) is 15.4. The number of rotatable bonds is 3. The highest BCUT2D eigenvalue weighted by molar-refractivity contribution is 7.89. The molecule has 20 heavy (non-hydrogen) atoms. The molecule has 0 amide bonds. The van der Waals surface area contributed by atoms with E-state index in [0.717, 1.165) is 11.6 Å². The first-order chi connectivity index (χ1) is 9.36. The van der Waals surface area contributed by atoms with E-state index in [9.17, 15) is 12.8 Å². The van der Waals surface area contributed by atoms with Crippen LogP contribution in [0.4, 0.5) is 4.39 Å². The largest absolute Gasteiger partial charge is 0.326 e. The van der Waals surface area contributed by atoms with Crippen LogP contribution in [0.5, 0.6) is 0 Å². The van der Waals surface area contributed by atoms with Gasteiger partial charge in [0.2, 0.25) is 10.0 Å². The van der Waals surface area contributed by atoms with Gasteiger partial charge in [-0.3, -0.25) is 0 Å². The molecule has 0 aliphatic carbocycles. The minimum absolute atomic E-state index is 0.0970. The van der Waals surface area contributed by atoms with E-state index >= 15 is 0 Å². The molecule has 0 saturated carbocycles. The van der Waals surface area contributed by atoms with Gasteiger partial charge in [0.1, 0.15) is 10.7 Å². The Balaban J connectivity index is 2.47. The molecule has 0 aromatic heterocycles. The lowest BCUT2D eigenvalue weighted by molar-refractivity contribution is 0.426. The second-order valence-electron chi connectivity index (χ2n) is 4.74. The van der Waals surface area contributed by atoms with E-state index < -0.39 is 20.7 Å². The number of sulfonamides is 1. The molecule has 1 aromatic carbocycles. The fraction of sp³-hybridized carbons (Fsp3) is 0.385. The van der Waals surface area contributed by atoms with Crippen LogP contribution in [0.3, 0.4) is 0 Å². The molecular weight excluding hydrogens is 303 g/mol. The molecule has 1 aliphatic rings. The monoisotopic (exact) mass is 318 g/mol. The summed E-state index contributed by atoms with van der Waals surface area (Å²) >= 11 is 5.85. The standard InChI is InChI=1S/C13H16ClFN2O2S/c1-9-2-4-17(5-3-9)20(18,19)12-7-11(14)6-10(8-16)13(12)15/h2,6-7H,3-5,8,16H2,1H3. The summed E-state index contributed by atoms with van der Waals surface area (Å²) in [6.07, 6.45) is 2.47. The van der Waals surface area contributed by atoms with Crippen molar-refractivity contribution in [1.29, 1.82) is 0 Å². The lowest BCUT2D eigenvalue weighted by Crippen LogP contribution is -2.35. The molecule has 0 atom stereocenters. The number of nitrogens with zero attached hydrogens (tertiary/aromatic N) is 1. The van der Waals surface area contributed by atoms with Crippen LogP contribution in [0.25, 0.3) is 0 Å². The van der Waals surface area contributed by atoms with Crippen LogP contribution in [0, 0.1) is 5.82 Å². The van der Waals surface area contributed by atoms with Gasteiger partial charge >= 0.3 is 0 Å². The maximum absolute atomic E-state index is 14.2. The topological polar surface area (TPSA) is 63.4 Å². The Labute approximate surface area is 123 Å². The van der Waals surface area contributed by atoms with Gasteiger partial charge in [-0.15, -0.1) is 0 Å². The Bertz CT molecular complexity index is 659. The summed E-state index contributed by atoms with van der Waals surface area (Å²) in [5, 5.41) is 0.161. The van der Waals surface area contributed by atoms with E-state index in [4.69, 9.17) is 17.3 Å². The van der Waals surface area contributed by atoms with Gasteiger partial charge in [-0.2, -0.15) is 4.31 Å². The van der Waals surface area contributed by atoms with Crippen LogP contribution in [0.2, 0.25) is 5.02 Å². The molecule has 1 aromatic rings. The van der Waals surface area contributed by atoms with Crippen LogP contribution in [0.1, 0.15) is 18.9 Å². The number of benzene rings is 1. The normalized spacial score (nSPS) is 17.1. The van der Waals surface area contributed by atoms with Crippen molar-refractivity contribution >= 4 is 21.6 Å². The molecule has 0 saturated heterocycles. The Morgan fingerprint density at radius 3 is 2.70 bits per heavy atom. The fourth-order valence-corrected chi connectivity index (χ4v) is 3.88. The number of hydrogen-bond acceptors (Lipinski definition) is 3. The second-order valence-corrected chi connectivity index (χ2v) is 7.09. The third kappa shape index (κ3) is 2.88. The third-order valence-electron chi connectivity index (χ3n) is 3.32. The number of hydrogen-bond donors (Lipinski definition) is 1. The van der Waals surface area contributed by atoms with Gasteiger partial charge in [0, 0.05) is 30.2 Å². The Kier molecular flexibility index (Phi) is 4.49. The molecule has 1 aliphatic heterocycles. The average Bonchev–Trinajstić information content (AvgIpc) is 2.41. The summed E-state index contributed by atoms with van der Waals surface area (Å²) in [6, 6.07) is 2.48. The first-order valence-corrected chi connectivity index (χ1v) is 8.02. The van der Waals surface area contributed by atoms with Gasteiger partial charge in [-0.1, -0.05) is 23.3 Å². The molecule has 0 spiro atoms. The summed E-state index contributed by atoms with van der Waals surface area (Å²) in [6.45, 7) is 2.43. The van der Waals surface area contributed by atoms with Crippen LogP contribution < -0.4 is 5.73 Å². The summed E-state index contributed by atoms with van der Waals surface area (Å²) in [4.78, 5) is -0.404. The smallest absolute Gasteiger partial charge is 0.246 e. The Morgan fingerprint density at radius 2 is 2.15 bits per heavy atom. The van der Waals surface area contributed by atoms with Crippen molar-refractivity contribution in [2.75, 3.05) is 13.1 Å². The van der Waals surface area contributed by atoms with E-state index in [-0.39, 0.29) is 23.7 Å². The van der Waals surface area contributed by atoms with Crippen molar-refractivity contribution in [2.24, 2.45) is 5.73 Å². The molecule has 1 heterocycles. The minimum Gasteiger partial charge on any atom is -0.326 e. The van der Waals surface area contributed by atoms with Crippen LogP contribution in [-0.2, 0) is 16.6 Å². The third-order valence-corrected chi connectivity index (χ3v) is 5.40. The molecular formula is C13H16ClFN2O2S. The van der Waals surface area contributed by atoms with Crippen molar-refractivity contribution in [1.82, 2.24) is 4.31 Å². The van der Waals surface area contributed by atoms with Crippen molar-refractivity contribution < 1.29 is 12.8 Å². The van der Waals surface area contributed by atoms with E-state index in [1.165, 1.54) is 10.4 Å². The summed E-state index contributed by atoms with van der Waals surface area (Å²) in [5.74, 6) is -0.817. The molecule has 0 radical (unpaired) electrons. The van der Waals surface area contributed by atoms with Gasteiger partial charge in [-0.25, -0.2) is 12.8 Å². The average molecular weight is 319 g/mol. The maximum atomic E-state index is 14.2. The molecule has 110 valence electrons. The van der Waals surface area contributed by atoms with Gasteiger partial charge in [0.05, 0.1) is 0 Å². The van der Waals surface area contributed by atoms with E-state index in [0.29, 0.717) is 13.0 Å². The van der Waals surface area contributed by atoms with Gasteiger partial charge in [0.15, 0.2) is 0 Å². The minimum atomic E-state index is -3.90. The second kappa shape index (κ2) is 5.81. The highest BCUT2D eigenvalue weighted by Crippen LogP contribution is 2.27. The highest BCUT2D eigenvalue weighted by atomic mass is 35.5. The van der Waals surface area contributed by atoms with Crippen LogP contribution in [0.15, 0.2) is 28.7 Å². The van der Waals surface area contributed by atoms with E-state index in [1.54, 1.807) is 0 Å². The fourth-order valence-electron chi connectivity index (χ4n) is 2.06. The van der Waals surface area contributed by atoms with Gasteiger partial charge in [-0.05, 0) is 25.5 Å². The number of nitrogens with two attached hydrogens (primary N) is 1. The molecule has 2 N–H and O–H groups in total. The van der Waals surface area contributed by atoms with Crippen LogP contribution in [-0.4, -0.2) is 25.8 Å². The maximum Gasteiger partial charge on any atom is 0.246 e. The van der Waals surface area contributed by atoms with E-state index in [1.807, 2.05) is 13.0 Å². The lowest BCUT2D eigenvalue weighted by atomic mass is 10.1. The molecule has 2 rings (SSSR count). The van der Waals surface area contributed by atoms with Gasteiger partial charge in [0.25, 0.3) is 0 Å². The molecule has 4 nitrogen and oxygen atoms in total. The van der Waals surface area contributed by atoms with Crippen molar-refractivity contribution in [3.63, 3.8) is 0 Å². The predicted molar refractivity (Wildman–Crippen MR) is 76.4 cm³/mol. The number of halogens is 2. The zero-order chi connectivity index (χ0) is 14.9. The summed E-state index contributed by atoms with van der Waals surface area (Å²) in [7, 11) is -3.90. The molecule has 0 fully saturated rings. The first-order valence-electron chi connectivity index (χ1n) is 6.20. The van der Waals surface area contributed by atoms with Crippen molar-refractivity contribution in [3.05, 3.63) is 40.2 Å². The zero-order valence-corrected chi connectivity index (χ0v) is 12.6. The summed E-state index contributed by atoms with van der Waals surface area (Å²) < 4.78 is 40.4. The van der Waals surface area contributed by atoms with E-state index in [2.05, 4.69) is 0 Å². The molecule has 7 heteroatoms. The SMILES string of the molecule is CC1=CCN(S(=O)(=O)c2cc(Cl)cc(CN)c2F)CC1. The Hall–Kier alpha value is -0.950. The Morgan fingerprint density at radius 1 is 1.45 bits per heavy atom. The zero-order valence-electron chi connectivity index (χ0n) is 11.1. The van der Waals surface area contributed by atoms with Gasteiger partial charge < -0.3 is 5.73 Å². The molecule has 0 unspecified atom stereocenters. The molecule has 0 bridgehead atoms. The van der Waals surface area contributed by atoms with Crippen molar-refractivity contribution in [3.8, 4) is 0 Å². The summed E-state index contributed by atoms with van der Waals surface area (Å²) in [5.41, 5.74) is 6.64. The van der Waals surface area contributed by atoms with Crippen molar-refractivity contribution in [2.45, 2.75) is 24.8 Å².